The molecule has 144 valence electrons. The average Bonchev–Trinajstić information content (AvgIpc) is 2.68. The van der Waals surface area contributed by atoms with Crippen molar-refractivity contribution in [2.24, 2.45) is 11.7 Å². The minimum absolute atomic E-state index is 0.0207. The van der Waals surface area contributed by atoms with Crippen molar-refractivity contribution in [3.05, 3.63) is 65.7 Å². The van der Waals surface area contributed by atoms with Gasteiger partial charge in [0.1, 0.15) is 0 Å². The average molecular weight is 367 g/mol. The molecule has 0 aliphatic carbocycles. The number of rotatable bonds is 8. The Bertz CT molecular complexity index is 761. The Hall–Kier alpha value is -2.66. The number of para-hydroxylation sites is 1. The van der Waals surface area contributed by atoms with E-state index in [1.165, 1.54) is 0 Å². The molecule has 0 saturated carbocycles. The van der Waals surface area contributed by atoms with Crippen LogP contribution in [0.4, 0.5) is 5.69 Å². The highest BCUT2D eigenvalue weighted by Gasteiger charge is 2.27. The maximum absolute atomic E-state index is 13.0. The smallest absolute Gasteiger partial charge is 0.244 e. The maximum atomic E-state index is 13.0. The number of hydrogen-bond acceptors (Lipinski definition) is 3. The summed E-state index contributed by atoms with van der Waals surface area (Å²) in [5.41, 5.74) is 8.96. The van der Waals surface area contributed by atoms with Crippen molar-refractivity contribution in [2.75, 3.05) is 18.4 Å². The fourth-order valence-electron chi connectivity index (χ4n) is 3.02. The van der Waals surface area contributed by atoms with Crippen molar-refractivity contribution in [3.63, 3.8) is 0 Å². The summed E-state index contributed by atoms with van der Waals surface area (Å²) in [6, 6.07) is 16.8. The number of hydrogen-bond donors (Lipinski definition) is 2. The van der Waals surface area contributed by atoms with Crippen LogP contribution in [0.5, 0.6) is 0 Å². The first-order valence-electron chi connectivity index (χ1n) is 9.38. The first-order chi connectivity index (χ1) is 12.9. The Morgan fingerprint density at radius 3 is 2.33 bits per heavy atom. The van der Waals surface area contributed by atoms with Crippen molar-refractivity contribution >= 4 is 17.5 Å². The van der Waals surface area contributed by atoms with Gasteiger partial charge in [0.25, 0.3) is 0 Å². The summed E-state index contributed by atoms with van der Waals surface area (Å²) < 4.78 is 0. The predicted octanol–water partition coefficient (Wildman–Crippen LogP) is 3.51. The second-order valence-corrected chi connectivity index (χ2v) is 6.85. The second-order valence-electron chi connectivity index (χ2n) is 6.85. The molecule has 2 aromatic carbocycles. The predicted molar refractivity (Wildman–Crippen MR) is 109 cm³/mol. The highest BCUT2D eigenvalue weighted by atomic mass is 16.2. The lowest BCUT2D eigenvalue weighted by Crippen LogP contribution is -2.43. The largest absolute Gasteiger partial charge is 0.333 e. The van der Waals surface area contributed by atoms with E-state index in [1.807, 2.05) is 75.4 Å². The van der Waals surface area contributed by atoms with Gasteiger partial charge in [-0.05, 0) is 30.5 Å². The number of nitrogens with two attached hydrogens (primary N) is 1. The number of nitrogens with one attached hydrogen (secondary N) is 1. The fraction of sp³-hybridized carbons (Fsp3) is 0.364. The van der Waals surface area contributed by atoms with E-state index in [4.69, 9.17) is 5.73 Å². The minimum Gasteiger partial charge on any atom is -0.333 e. The SMILES string of the molecule is CCCN(CC(=O)Nc1ccccc1C)C(=O)C(C)C(N)c1ccccc1. The molecular formula is C22H29N3O2. The lowest BCUT2D eigenvalue weighted by molar-refractivity contribution is -0.138. The van der Waals surface area contributed by atoms with Gasteiger partial charge in [0.05, 0.1) is 12.5 Å². The van der Waals surface area contributed by atoms with E-state index in [9.17, 15) is 9.59 Å². The Labute approximate surface area is 161 Å². The van der Waals surface area contributed by atoms with Crippen LogP contribution in [0.1, 0.15) is 37.4 Å². The van der Waals surface area contributed by atoms with Crippen LogP contribution >= 0.6 is 0 Å². The van der Waals surface area contributed by atoms with Crippen LogP contribution in [-0.2, 0) is 9.59 Å². The maximum Gasteiger partial charge on any atom is 0.244 e. The first kappa shape index (κ1) is 20.6. The van der Waals surface area contributed by atoms with Gasteiger partial charge in [-0.3, -0.25) is 9.59 Å². The van der Waals surface area contributed by atoms with Gasteiger partial charge in [0.2, 0.25) is 11.8 Å². The van der Waals surface area contributed by atoms with Gasteiger partial charge >= 0.3 is 0 Å². The Kier molecular flexibility index (Phi) is 7.55. The van der Waals surface area contributed by atoms with E-state index in [-0.39, 0.29) is 18.4 Å². The highest BCUT2D eigenvalue weighted by Crippen LogP contribution is 2.21. The Morgan fingerprint density at radius 1 is 1.07 bits per heavy atom. The molecule has 2 rings (SSSR count). The molecule has 0 bridgehead atoms. The van der Waals surface area contributed by atoms with Crippen molar-refractivity contribution < 1.29 is 9.59 Å². The summed E-state index contributed by atoms with van der Waals surface area (Å²) in [6.45, 7) is 6.29. The Balaban J connectivity index is 2.05. The molecule has 2 unspecified atom stereocenters. The number of carbonyl (C=O) groups is 2. The van der Waals surface area contributed by atoms with Gasteiger partial charge in [-0.15, -0.1) is 0 Å². The molecule has 0 fully saturated rings. The molecule has 5 heteroatoms. The summed E-state index contributed by atoms with van der Waals surface area (Å²) >= 11 is 0. The summed E-state index contributed by atoms with van der Waals surface area (Å²) in [7, 11) is 0. The molecule has 0 saturated heterocycles. The van der Waals surface area contributed by atoms with Crippen molar-refractivity contribution in [1.82, 2.24) is 4.90 Å². The zero-order chi connectivity index (χ0) is 19.8. The van der Waals surface area contributed by atoms with Crippen LogP contribution < -0.4 is 11.1 Å². The van der Waals surface area contributed by atoms with E-state index < -0.39 is 12.0 Å². The lowest BCUT2D eigenvalue weighted by atomic mass is 9.94. The van der Waals surface area contributed by atoms with E-state index >= 15 is 0 Å². The van der Waals surface area contributed by atoms with Crippen molar-refractivity contribution in [2.45, 2.75) is 33.2 Å². The third kappa shape index (κ3) is 5.66. The number of aryl methyl sites for hydroxylation is 1. The molecule has 2 amide bonds. The van der Waals surface area contributed by atoms with E-state index in [0.717, 1.165) is 23.2 Å². The molecule has 0 aromatic heterocycles. The summed E-state index contributed by atoms with van der Waals surface area (Å²) in [6.07, 6.45) is 0.774. The number of benzene rings is 2. The van der Waals surface area contributed by atoms with Gasteiger partial charge in [-0.2, -0.15) is 0 Å². The summed E-state index contributed by atoms with van der Waals surface area (Å²) in [4.78, 5) is 27.0. The van der Waals surface area contributed by atoms with Gasteiger partial charge in [-0.25, -0.2) is 0 Å². The molecule has 0 radical (unpaired) electrons. The normalized spacial score (nSPS) is 12.9. The molecule has 0 aliphatic heterocycles. The first-order valence-corrected chi connectivity index (χ1v) is 9.38. The van der Waals surface area contributed by atoms with Gasteiger partial charge in [-0.1, -0.05) is 62.4 Å². The molecule has 3 N–H and O–H groups in total. The van der Waals surface area contributed by atoms with Crippen LogP contribution in [-0.4, -0.2) is 29.8 Å². The standard InChI is InChI=1S/C22H29N3O2/c1-4-14-25(15-20(26)24-19-13-9-8-10-16(19)2)22(27)17(3)21(23)18-11-6-5-7-12-18/h5-13,17,21H,4,14-15,23H2,1-3H3,(H,24,26). The molecule has 5 nitrogen and oxygen atoms in total. The van der Waals surface area contributed by atoms with Crippen molar-refractivity contribution in [3.8, 4) is 0 Å². The van der Waals surface area contributed by atoms with Crippen LogP contribution in [0.25, 0.3) is 0 Å². The van der Waals surface area contributed by atoms with Crippen molar-refractivity contribution in [1.29, 1.82) is 0 Å². The van der Waals surface area contributed by atoms with E-state index in [0.29, 0.717) is 6.54 Å². The van der Waals surface area contributed by atoms with E-state index in [2.05, 4.69) is 5.32 Å². The third-order valence-corrected chi connectivity index (χ3v) is 4.67. The topological polar surface area (TPSA) is 75.4 Å². The zero-order valence-electron chi connectivity index (χ0n) is 16.3. The quantitative estimate of drug-likeness (QED) is 0.750. The molecule has 0 aliphatic rings. The number of amides is 2. The number of anilines is 1. The molecule has 27 heavy (non-hydrogen) atoms. The molecule has 0 spiro atoms. The molecule has 2 atom stereocenters. The number of nitrogens with zero attached hydrogens (tertiary/aromatic N) is 1. The second kappa shape index (κ2) is 9.88. The molecule has 0 heterocycles. The fourth-order valence-corrected chi connectivity index (χ4v) is 3.02. The zero-order valence-corrected chi connectivity index (χ0v) is 16.3. The van der Waals surface area contributed by atoms with E-state index in [1.54, 1.807) is 4.90 Å². The lowest BCUT2D eigenvalue weighted by Gasteiger charge is -2.28. The minimum atomic E-state index is -0.412. The monoisotopic (exact) mass is 367 g/mol. The molecule has 2 aromatic rings. The Morgan fingerprint density at radius 2 is 1.70 bits per heavy atom. The van der Waals surface area contributed by atoms with Crippen LogP contribution in [0.15, 0.2) is 54.6 Å². The summed E-state index contributed by atoms with van der Waals surface area (Å²) in [5.74, 6) is -0.718. The highest BCUT2D eigenvalue weighted by molar-refractivity contribution is 5.95. The van der Waals surface area contributed by atoms with Crippen LogP contribution in [0.3, 0.4) is 0 Å². The van der Waals surface area contributed by atoms with Crippen LogP contribution in [0, 0.1) is 12.8 Å². The van der Waals surface area contributed by atoms with Gasteiger partial charge in [0, 0.05) is 18.3 Å². The summed E-state index contributed by atoms with van der Waals surface area (Å²) in [5, 5.41) is 2.89. The third-order valence-electron chi connectivity index (χ3n) is 4.67. The van der Waals surface area contributed by atoms with Gasteiger partial charge < -0.3 is 16.0 Å². The van der Waals surface area contributed by atoms with Gasteiger partial charge in [0.15, 0.2) is 0 Å². The number of carbonyl (C=O) groups excluding carboxylic acids is 2. The van der Waals surface area contributed by atoms with Crippen LogP contribution in [0.2, 0.25) is 0 Å². The molecular weight excluding hydrogens is 338 g/mol.